The second kappa shape index (κ2) is 10.9. The SMILES string of the molecule is O=C(CCc1nc(-c2ccccc2)c(-c2ccccc2)o1)NCCNC(=O)c1ccccc1. The summed E-state index contributed by atoms with van der Waals surface area (Å²) in [4.78, 5) is 29.0. The van der Waals surface area contributed by atoms with Crippen molar-refractivity contribution in [1.82, 2.24) is 15.6 Å². The van der Waals surface area contributed by atoms with Crippen LogP contribution in [0.15, 0.2) is 95.4 Å². The van der Waals surface area contributed by atoms with Gasteiger partial charge in [-0.05, 0) is 12.1 Å². The number of rotatable bonds is 9. The van der Waals surface area contributed by atoms with E-state index in [1.807, 2.05) is 78.9 Å². The number of hydrogen-bond acceptors (Lipinski definition) is 4. The molecular weight excluding hydrogens is 414 g/mol. The maximum absolute atomic E-state index is 12.3. The minimum atomic E-state index is -0.161. The molecule has 4 rings (SSSR count). The largest absolute Gasteiger partial charge is 0.440 e. The number of aromatic nitrogens is 1. The predicted octanol–water partition coefficient (Wildman–Crippen LogP) is 4.49. The summed E-state index contributed by atoms with van der Waals surface area (Å²) in [5.41, 5.74) is 3.26. The van der Waals surface area contributed by atoms with Crippen LogP contribution >= 0.6 is 0 Å². The summed E-state index contributed by atoms with van der Waals surface area (Å²) in [5, 5.41) is 5.61. The molecule has 6 nitrogen and oxygen atoms in total. The average molecular weight is 440 g/mol. The molecule has 2 amide bonds. The molecule has 6 heteroatoms. The van der Waals surface area contributed by atoms with E-state index < -0.39 is 0 Å². The van der Waals surface area contributed by atoms with E-state index in [1.54, 1.807) is 12.1 Å². The predicted molar refractivity (Wildman–Crippen MR) is 127 cm³/mol. The first-order chi connectivity index (χ1) is 16.2. The Bertz CT molecular complexity index is 1130. The van der Waals surface area contributed by atoms with Gasteiger partial charge in [0.1, 0.15) is 5.69 Å². The summed E-state index contributed by atoms with van der Waals surface area (Å²) in [6.45, 7) is 0.711. The van der Waals surface area contributed by atoms with Crippen molar-refractivity contribution >= 4 is 11.8 Å². The monoisotopic (exact) mass is 439 g/mol. The van der Waals surface area contributed by atoms with Gasteiger partial charge in [-0.1, -0.05) is 78.9 Å². The van der Waals surface area contributed by atoms with Crippen molar-refractivity contribution in [3.63, 3.8) is 0 Å². The number of carbonyl (C=O) groups excluding carboxylic acids is 2. The molecule has 0 radical (unpaired) electrons. The van der Waals surface area contributed by atoms with Crippen LogP contribution < -0.4 is 10.6 Å². The number of amides is 2. The fourth-order valence-electron chi connectivity index (χ4n) is 3.43. The van der Waals surface area contributed by atoms with Gasteiger partial charge in [0.2, 0.25) is 5.91 Å². The molecule has 0 aliphatic carbocycles. The Kier molecular flexibility index (Phi) is 7.28. The first-order valence-corrected chi connectivity index (χ1v) is 10.9. The average Bonchev–Trinajstić information content (AvgIpc) is 3.31. The van der Waals surface area contributed by atoms with Crippen molar-refractivity contribution in [3.8, 4) is 22.6 Å². The molecule has 0 aliphatic rings. The van der Waals surface area contributed by atoms with Crippen molar-refractivity contribution in [2.45, 2.75) is 12.8 Å². The number of aryl methyl sites for hydroxylation is 1. The van der Waals surface area contributed by atoms with Gasteiger partial charge in [0.25, 0.3) is 5.91 Å². The zero-order chi connectivity index (χ0) is 22.9. The van der Waals surface area contributed by atoms with Crippen molar-refractivity contribution in [2.24, 2.45) is 0 Å². The quantitative estimate of drug-likeness (QED) is 0.377. The molecule has 0 aliphatic heterocycles. The number of carbonyl (C=O) groups is 2. The molecule has 0 bridgehead atoms. The molecule has 0 saturated heterocycles. The summed E-state index contributed by atoms with van der Waals surface area (Å²) in [5.74, 6) is 0.928. The van der Waals surface area contributed by atoms with E-state index in [0.717, 1.165) is 16.8 Å². The molecule has 0 fully saturated rings. The number of nitrogens with zero attached hydrogens (tertiary/aromatic N) is 1. The maximum Gasteiger partial charge on any atom is 0.251 e. The maximum atomic E-state index is 12.3. The third-order valence-electron chi connectivity index (χ3n) is 5.09. The van der Waals surface area contributed by atoms with Crippen LogP contribution in [0, 0.1) is 0 Å². The summed E-state index contributed by atoms with van der Waals surface area (Å²) < 4.78 is 6.06. The van der Waals surface area contributed by atoms with Crippen molar-refractivity contribution in [2.75, 3.05) is 13.1 Å². The highest BCUT2D eigenvalue weighted by molar-refractivity contribution is 5.94. The molecule has 3 aromatic carbocycles. The van der Waals surface area contributed by atoms with Gasteiger partial charge in [-0.2, -0.15) is 0 Å². The molecule has 33 heavy (non-hydrogen) atoms. The van der Waals surface area contributed by atoms with Gasteiger partial charge in [0.15, 0.2) is 11.7 Å². The lowest BCUT2D eigenvalue weighted by molar-refractivity contribution is -0.121. The molecule has 0 unspecified atom stereocenters. The van der Waals surface area contributed by atoms with Crippen molar-refractivity contribution < 1.29 is 14.0 Å². The highest BCUT2D eigenvalue weighted by Gasteiger charge is 2.17. The minimum Gasteiger partial charge on any atom is -0.440 e. The zero-order valence-corrected chi connectivity index (χ0v) is 18.2. The Morgan fingerprint density at radius 1 is 0.727 bits per heavy atom. The van der Waals surface area contributed by atoms with E-state index >= 15 is 0 Å². The number of nitrogens with one attached hydrogen (secondary N) is 2. The second-order valence-corrected chi connectivity index (χ2v) is 7.49. The van der Waals surface area contributed by atoms with E-state index in [9.17, 15) is 9.59 Å². The third kappa shape index (κ3) is 5.95. The lowest BCUT2D eigenvalue weighted by Gasteiger charge is -2.06. The van der Waals surface area contributed by atoms with Gasteiger partial charge in [-0.25, -0.2) is 4.98 Å². The minimum absolute atomic E-state index is 0.121. The lowest BCUT2D eigenvalue weighted by atomic mass is 10.1. The Morgan fingerprint density at radius 3 is 1.97 bits per heavy atom. The highest BCUT2D eigenvalue weighted by Crippen LogP contribution is 2.32. The summed E-state index contributed by atoms with van der Waals surface area (Å²) >= 11 is 0. The van der Waals surface area contributed by atoms with Crippen LogP contribution in [-0.4, -0.2) is 29.9 Å². The molecule has 0 saturated carbocycles. The molecule has 1 aromatic heterocycles. The summed E-state index contributed by atoms with van der Waals surface area (Å²) in [7, 11) is 0. The number of benzene rings is 3. The Morgan fingerprint density at radius 2 is 1.30 bits per heavy atom. The Balaban J connectivity index is 1.32. The van der Waals surface area contributed by atoms with Crippen molar-refractivity contribution in [3.05, 3.63) is 102 Å². The topological polar surface area (TPSA) is 84.2 Å². The Labute approximate surface area is 192 Å². The van der Waals surface area contributed by atoms with E-state index in [0.29, 0.717) is 36.7 Å². The van der Waals surface area contributed by atoms with E-state index in [-0.39, 0.29) is 18.2 Å². The molecule has 1 heterocycles. The normalized spacial score (nSPS) is 10.5. The van der Waals surface area contributed by atoms with Gasteiger partial charge >= 0.3 is 0 Å². The van der Waals surface area contributed by atoms with Crippen LogP contribution in [0.3, 0.4) is 0 Å². The molecule has 0 atom stereocenters. The number of oxazole rings is 1. The van der Waals surface area contributed by atoms with Crippen LogP contribution in [0.4, 0.5) is 0 Å². The third-order valence-corrected chi connectivity index (χ3v) is 5.09. The van der Waals surface area contributed by atoms with Crippen molar-refractivity contribution in [1.29, 1.82) is 0 Å². The molecule has 2 N–H and O–H groups in total. The molecule has 4 aromatic rings. The first kappa shape index (κ1) is 22.0. The zero-order valence-electron chi connectivity index (χ0n) is 18.2. The van der Waals surface area contributed by atoms with E-state index in [1.165, 1.54) is 0 Å². The summed E-state index contributed by atoms with van der Waals surface area (Å²) in [6.07, 6.45) is 0.629. The van der Waals surface area contributed by atoms with E-state index in [2.05, 4.69) is 15.6 Å². The first-order valence-electron chi connectivity index (χ1n) is 10.9. The molecule has 166 valence electrons. The second-order valence-electron chi connectivity index (χ2n) is 7.49. The van der Waals surface area contributed by atoms with Crippen LogP contribution in [0.25, 0.3) is 22.6 Å². The number of hydrogen-bond donors (Lipinski definition) is 2. The fraction of sp³-hybridized carbons (Fsp3) is 0.148. The smallest absolute Gasteiger partial charge is 0.251 e. The van der Waals surface area contributed by atoms with Crippen LogP contribution in [0.1, 0.15) is 22.7 Å². The standard InChI is InChI=1S/C27H25N3O3/c31-23(28-18-19-29-27(32)22-14-8-3-9-15-22)16-17-24-30-25(20-10-4-1-5-11-20)26(33-24)21-12-6-2-7-13-21/h1-15H,16-19H2,(H,28,31)(H,29,32). The van der Waals surface area contributed by atoms with Gasteiger partial charge < -0.3 is 15.1 Å². The van der Waals surface area contributed by atoms with Crippen LogP contribution in [0.5, 0.6) is 0 Å². The van der Waals surface area contributed by atoms with Crippen LogP contribution in [-0.2, 0) is 11.2 Å². The lowest BCUT2D eigenvalue weighted by Crippen LogP contribution is -2.34. The van der Waals surface area contributed by atoms with Gasteiger partial charge in [-0.3, -0.25) is 9.59 Å². The van der Waals surface area contributed by atoms with Gasteiger partial charge in [-0.15, -0.1) is 0 Å². The fourth-order valence-corrected chi connectivity index (χ4v) is 3.43. The van der Waals surface area contributed by atoms with E-state index in [4.69, 9.17) is 4.42 Å². The van der Waals surface area contributed by atoms with Gasteiger partial charge in [0.05, 0.1) is 0 Å². The Hall–Kier alpha value is -4.19. The molecular formula is C27H25N3O3. The van der Waals surface area contributed by atoms with Gasteiger partial charge in [0, 0.05) is 42.6 Å². The highest BCUT2D eigenvalue weighted by atomic mass is 16.4. The molecule has 0 spiro atoms. The van der Waals surface area contributed by atoms with Crippen LogP contribution in [0.2, 0.25) is 0 Å². The summed E-state index contributed by atoms with van der Waals surface area (Å²) in [6, 6.07) is 28.7.